The van der Waals surface area contributed by atoms with E-state index in [4.69, 9.17) is 0 Å². The van der Waals surface area contributed by atoms with Gasteiger partial charge in [-0.3, -0.25) is 9.10 Å². The van der Waals surface area contributed by atoms with Crippen LogP contribution in [0.25, 0.3) is 5.57 Å². The van der Waals surface area contributed by atoms with E-state index in [1.54, 1.807) is 12.1 Å². The molecule has 2 aromatic rings. The summed E-state index contributed by atoms with van der Waals surface area (Å²) >= 11 is 0. The van der Waals surface area contributed by atoms with E-state index in [9.17, 15) is 13.2 Å². The molecule has 2 aromatic carbocycles. The van der Waals surface area contributed by atoms with E-state index in [2.05, 4.69) is 11.9 Å². The van der Waals surface area contributed by atoms with Crippen LogP contribution in [0.3, 0.4) is 0 Å². The molecule has 1 amide bonds. The number of sulfonamides is 1. The van der Waals surface area contributed by atoms with E-state index in [1.165, 1.54) is 10.4 Å². The predicted molar refractivity (Wildman–Crippen MR) is 109 cm³/mol. The monoisotopic (exact) mass is 382 g/mol. The molecule has 1 heterocycles. The number of benzene rings is 2. The Labute approximate surface area is 160 Å². The molecule has 1 aliphatic heterocycles. The van der Waals surface area contributed by atoms with Gasteiger partial charge in [0.25, 0.3) is 15.9 Å². The normalized spacial score (nSPS) is 15.2. The Morgan fingerprint density at radius 3 is 2.44 bits per heavy atom. The van der Waals surface area contributed by atoms with Crippen molar-refractivity contribution in [1.82, 2.24) is 5.32 Å². The predicted octanol–water partition coefficient (Wildman–Crippen LogP) is 3.31. The zero-order valence-corrected chi connectivity index (χ0v) is 16.0. The molecule has 6 heteroatoms. The first kappa shape index (κ1) is 18.9. The van der Waals surface area contributed by atoms with Gasteiger partial charge in [-0.25, -0.2) is 8.42 Å². The van der Waals surface area contributed by atoms with Crippen LogP contribution >= 0.6 is 0 Å². The number of carbonyl (C=O) groups excluding carboxylic acids is 1. The fraction of sp³-hybridized carbons (Fsp3) is 0.190. The Balaban J connectivity index is 2.36. The summed E-state index contributed by atoms with van der Waals surface area (Å²) in [5.74, 6) is -0.584. The lowest BCUT2D eigenvalue weighted by molar-refractivity contribution is -0.116. The molecule has 0 unspecified atom stereocenters. The van der Waals surface area contributed by atoms with Crippen molar-refractivity contribution in [3.8, 4) is 0 Å². The van der Waals surface area contributed by atoms with Crippen molar-refractivity contribution in [3.05, 3.63) is 83.3 Å². The number of hydrogen-bond acceptors (Lipinski definition) is 3. The second-order valence-electron chi connectivity index (χ2n) is 6.17. The number of carbonyl (C=O) groups is 1. The number of nitrogens with one attached hydrogen (secondary N) is 1. The molecule has 3 rings (SSSR count). The lowest BCUT2D eigenvalue weighted by Crippen LogP contribution is -2.41. The van der Waals surface area contributed by atoms with Crippen molar-refractivity contribution in [1.29, 1.82) is 0 Å². The number of fused-ring (bicyclic) bond motifs is 1. The van der Waals surface area contributed by atoms with Gasteiger partial charge >= 0.3 is 0 Å². The summed E-state index contributed by atoms with van der Waals surface area (Å²) in [6, 6.07) is 16.4. The van der Waals surface area contributed by atoms with Crippen LogP contribution in [0.2, 0.25) is 0 Å². The van der Waals surface area contributed by atoms with Crippen molar-refractivity contribution in [2.24, 2.45) is 0 Å². The Hall–Kier alpha value is -2.86. The van der Waals surface area contributed by atoms with E-state index in [1.807, 2.05) is 49.4 Å². The van der Waals surface area contributed by atoms with Crippen LogP contribution in [0.1, 0.15) is 24.5 Å². The molecule has 0 aliphatic carbocycles. The molecule has 1 aliphatic rings. The van der Waals surface area contributed by atoms with Gasteiger partial charge in [-0.05, 0) is 18.1 Å². The zero-order valence-electron chi connectivity index (χ0n) is 15.2. The molecule has 0 aromatic heterocycles. The molecule has 27 heavy (non-hydrogen) atoms. The van der Waals surface area contributed by atoms with Gasteiger partial charge in [0.05, 0.1) is 12.2 Å². The van der Waals surface area contributed by atoms with Gasteiger partial charge in [0.1, 0.15) is 0 Å². The Bertz CT molecular complexity index is 995. The average Bonchev–Trinajstić information content (AvgIpc) is 2.68. The number of anilines is 1. The standard InChI is InChI=1S/C21H22N2O3S/c1-3-14-22-21(24)20-19(16-10-6-5-7-11-16)17-12-8-9-13-18(17)23(15-4-2)27(20,25)26/h4-13H,2-3,14-15H2,1H3,(H,22,24). The number of rotatable bonds is 6. The third-order valence-electron chi connectivity index (χ3n) is 4.32. The summed E-state index contributed by atoms with van der Waals surface area (Å²) < 4.78 is 28.1. The van der Waals surface area contributed by atoms with E-state index in [0.717, 1.165) is 0 Å². The largest absolute Gasteiger partial charge is 0.351 e. The lowest BCUT2D eigenvalue weighted by atomic mass is 9.95. The number of hydrogen-bond donors (Lipinski definition) is 1. The minimum atomic E-state index is -4.04. The van der Waals surface area contributed by atoms with Gasteiger partial charge in [0.2, 0.25) is 0 Å². The van der Waals surface area contributed by atoms with Crippen molar-refractivity contribution in [3.63, 3.8) is 0 Å². The number of amides is 1. The van der Waals surface area contributed by atoms with E-state index < -0.39 is 15.9 Å². The smallest absolute Gasteiger partial charge is 0.270 e. The highest BCUT2D eigenvalue weighted by Gasteiger charge is 2.40. The van der Waals surface area contributed by atoms with Crippen LogP contribution in [0.15, 0.2) is 72.2 Å². The zero-order chi connectivity index (χ0) is 19.4. The molecule has 1 N–H and O–H groups in total. The number of nitrogens with zero attached hydrogens (tertiary/aromatic N) is 1. The van der Waals surface area contributed by atoms with E-state index in [-0.39, 0.29) is 11.4 Å². The first-order chi connectivity index (χ1) is 13.0. The van der Waals surface area contributed by atoms with Gasteiger partial charge in [-0.2, -0.15) is 0 Å². The summed E-state index contributed by atoms with van der Waals surface area (Å²) in [6.07, 6.45) is 2.23. The summed E-state index contributed by atoms with van der Waals surface area (Å²) in [5, 5.41) is 2.72. The maximum absolute atomic E-state index is 13.4. The van der Waals surface area contributed by atoms with Gasteiger partial charge in [0.15, 0.2) is 4.91 Å². The van der Waals surface area contributed by atoms with Crippen LogP contribution in [-0.2, 0) is 14.8 Å². The quantitative estimate of drug-likeness (QED) is 0.780. The molecular formula is C21H22N2O3S. The summed E-state index contributed by atoms with van der Waals surface area (Å²) in [7, 11) is -4.04. The van der Waals surface area contributed by atoms with Crippen LogP contribution in [0.4, 0.5) is 5.69 Å². The number of para-hydroxylation sites is 1. The Morgan fingerprint density at radius 2 is 1.78 bits per heavy atom. The molecule has 0 saturated heterocycles. The minimum absolute atomic E-state index is 0.0893. The molecule has 0 spiro atoms. The third-order valence-corrected chi connectivity index (χ3v) is 6.15. The lowest BCUT2D eigenvalue weighted by Gasteiger charge is -2.32. The van der Waals surface area contributed by atoms with Crippen LogP contribution in [0.5, 0.6) is 0 Å². The highest BCUT2D eigenvalue weighted by atomic mass is 32.2. The van der Waals surface area contributed by atoms with E-state index >= 15 is 0 Å². The van der Waals surface area contributed by atoms with Crippen LogP contribution in [-0.4, -0.2) is 27.4 Å². The Morgan fingerprint density at radius 1 is 1.11 bits per heavy atom. The molecule has 140 valence electrons. The maximum atomic E-state index is 13.4. The molecule has 5 nitrogen and oxygen atoms in total. The van der Waals surface area contributed by atoms with E-state index in [0.29, 0.717) is 35.4 Å². The highest BCUT2D eigenvalue weighted by molar-refractivity contribution is 7.97. The molecule has 0 radical (unpaired) electrons. The van der Waals surface area contributed by atoms with Crippen molar-refractivity contribution in [2.45, 2.75) is 13.3 Å². The second-order valence-corrected chi connectivity index (χ2v) is 7.97. The molecular weight excluding hydrogens is 360 g/mol. The Kier molecular flexibility index (Phi) is 5.46. The van der Waals surface area contributed by atoms with Gasteiger partial charge in [-0.1, -0.05) is 61.5 Å². The highest BCUT2D eigenvalue weighted by Crippen LogP contribution is 2.42. The van der Waals surface area contributed by atoms with Gasteiger partial charge in [0, 0.05) is 17.7 Å². The fourth-order valence-electron chi connectivity index (χ4n) is 3.15. The first-order valence-corrected chi connectivity index (χ1v) is 10.3. The summed E-state index contributed by atoms with van der Waals surface area (Å²) in [4.78, 5) is 12.7. The SMILES string of the molecule is C=CCN1c2ccccc2C(c2ccccc2)=C(C(=O)NCCC)S1(=O)=O. The molecule has 0 atom stereocenters. The maximum Gasteiger partial charge on any atom is 0.270 e. The molecule has 0 fully saturated rings. The first-order valence-electron chi connectivity index (χ1n) is 8.83. The average molecular weight is 382 g/mol. The summed E-state index contributed by atoms with van der Waals surface area (Å²) in [5.41, 5.74) is 2.37. The van der Waals surface area contributed by atoms with Crippen molar-refractivity contribution in [2.75, 3.05) is 17.4 Å². The van der Waals surface area contributed by atoms with Crippen molar-refractivity contribution >= 4 is 27.2 Å². The van der Waals surface area contributed by atoms with Crippen molar-refractivity contribution < 1.29 is 13.2 Å². The second kappa shape index (κ2) is 7.80. The molecule has 0 saturated carbocycles. The summed E-state index contributed by atoms with van der Waals surface area (Å²) in [6.45, 7) is 6.08. The molecule has 0 bridgehead atoms. The third kappa shape index (κ3) is 3.40. The van der Waals surface area contributed by atoms with Crippen LogP contribution < -0.4 is 9.62 Å². The topological polar surface area (TPSA) is 66.5 Å². The van der Waals surface area contributed by atoms with Crippen LogP contribution in [0, 0.1) is 0 Å². The minimum Gasteiger partial charge on any atom is -0.351 e. The van der Waals surface area contributed by atoms with Gasteiger partial charge < -0.3 is 5.32 Å². The van der Waals surface area contributed by atoms with Gasteiger partial charge in [-0.15, -0.1) is 6.58 Å². The fourth-order valence-corrected chi connectivity index (χ4v) is 4.88.